The predicted octanol–water partition coefficient (Wildman–Crippen LogP) is 3.06. The van der Waals surface area contributed by atoms with Crippen molar-refractivity contribution in [3.63, 3.8) is 0 Å². The van der Waals surface area contributed by atoms with Crippen molar-refractivity contribution < 1.29 is 23.8 Å². The number of anilines is 1. The molecule has 9 heteroatoms. The van der Waals surface area contributed by atoms with E-state index in [2.05, 4.69) is 10.3 Å². The van der Waals surface area contributed by atoms with Gasteiger partial charge in [0.15, 0.2) is 11.5 Å². The van der Waals surface area contributed by atoms with Gasteiger partial charge in [0.25, 0.3) is 5.91 Å². The lowest BCUT2D eigenvalue weighted by Crippen LogP contribution is -2.35. The highest BCUT2D eigenvalue weighted by Gasteiger charge is 2.21. The number of carbonyl (C=O) groups excluding carboxylic acids is 2. The Balaban J connectivity index is 1.62. The fourth-order valence-electron chi connectivity index (χ4n) is 3.62. The molecular weight excluding hydrogens is 448 g/mol. The summed E-state index contributed by atoms with van der Waals surface area (Å²) < 4.78 is 16.2. The molecule has 1 heterocycles. The largest absolute Gasteiger partial charge is 0.493 e. The Morgan fingerprint density at radius 2 is 1.60 bits per heavy atom. The highest BCUT2D eigenvalue weighted by Crippen LogP contribution is 2.40. The van der Waals surface area contributed by atoms with Crippen molar-refractivity contribution in [1.82, 2.24) is 9.88 Å². The molecule has 1 atom stereocenters. The Labute approximate surface area is 204 Å². The van der Waals surface area contributed by atoms with Crippen LogP contribution < -0.4 is 25.3 Å². The first-order chi connectivity index (χ1) is 16.9. The molecule has 184 valence electrons. The Kier molecular flexibility index (Phi) is 8.63. The van der Waals surface area contributed by atoms with Crippen LogP contribution >= 0.6 is 0 Å². The summed E-state index contributed by atoms with van der Waals surface area (Å²) in [6.45, 7) is 0.303. The number of amides is 2. The number of aromatic nitrogens is 1. The smallest absolute Gasteiger partial charge is 0.255 e. The maximum Gasteiger partial charge on any atom is 0.255 e. The topological polar surface area (TPSA) is 116 Å². The number of rotatable bonds is 10. The van der Waals surface area contributed by atoms with Gasteiger partial charge in [0.05, 0.1) is 27.8 Å². The fraction of sp³-hybridized carbons (Fsp3) is 0.269. The molecule has 2 amide bonds. The maximum absolute atomic E-state index is 12.9. The van der Waals surface area contributed by atoms with E-state index in [0.717, 1.165) is 5.56 Å². The van der Waals surface area contributed by atoms with E-state index in [9.17, 15) is 9.59 Å². The molecule has 3 aromatic rings. The minimum absolute atomic E-state index is 0.112. The van der Waals surface area contributed by atoms with Gasteiger partial charge < -0.3 is 30.2 Å². The van der Waals surface area contributed by atoms with Crippen molar-refractivity contribution in [2.24, 2.45) is 5.73 Å². The van der Waals surface area contributed by atoms with Gasteiger partial charge >= 0.3 is 0 Å². The van der Waals surface area contributed by atoms with Crippen molar-refractivity contribution in [3.05, 3.63) is 77.6 Å². The van der Waals surface area contributed by atoms with E-state index in [1.807, 2.05) is 0 Å². The summed E-state index contributed by atoms with van der Waals surface area (Å²) in [7, 11) is 6.28. The minimum Gasteiger partial charge on any atom is -0.493 e. The molecule has 3 rings (SSSR count). The van der Waals surface area contributed by atoms with Crippen LogP contribution in [0.4, 0.5) is 5.69 Å². The maximum atomic E-state index is 12.9. The number of likely N-dealkylation sites (N-methyl/N-ethyl adjacent to an activating group) is 1. The van der Waals surface area contributed by atoms with Crippen LogP contribution in [-0.4, -0.2) is 56.6 Å². The summed E-state index contributed by atoms with van der Waals surface area (Å²) in [5, 5.41) is 2.81. The summed E-state index contributed by atoms with van der Waals surface area (Å²) in [6.07, 6.45) is 3.33. The molecule has 0 fully saturated rings. The van der Waals surface area contributed by atoms with Crippen LogP contribution in [0.2, 0.25) is 0 Å². The van der Waals surface area contributed by atoms with Gasteiger partial charge in [0, 0.05) is 48.8 Å². The van der Waals surface area contributed by atoms with Crippen molar-refractivity contribution >= 4 is 17.5 Å². The zero-order valence-corrected chi connectivity index (χ0v) is 20.3. The normalized spacial score (nSPS) is 11.3. The molecule has 0 saturated carbocycles. The average molecular weight is 479 g/mol. The Hall–Kier alpha value is -4.11. The molecule has 0 saturated heterocycles. The second-order valence-corrected chi connectivity index (χ2v) is 7.86. The summed E-state index contributed by atoms with van der Waals surface area (Å²) in [5.74, 6) is 1.06. The molecule has 0 bridgehead atoms. The third-order valence-electron chi connectivity index (χ3n) is 5.56. The second-order valence-electron chi connectivity index (χ2n) is 7.86. The number of hydrogen-bond donors (Lipinski definition) is 2. The third kappa shape index (κ3) is 6.27. The Bertz CT molecular complexity index is 1150. The van der Waals surface area contributed by atoms with Gasteiger partial charge in [-0.15, -0.1) is 0 Å². The summed E-state index contributed by atoms with van der Waals surface area (Å²) in [5.41, 5.74) is 9.01. The molecule has 9 nitrogen and oxygen atoms in total. The number of carbonyl (C=O) groups is 2. The van der Waals surface area contributed by atoms with Crippen LogP contribution in [0.15, 0.2) is 60.9 Å². The first kappa shape index (κ1) is 25.5. The molecule has 0 aliphatic rings. The lowest BCUT2D eigenvalue weighted by atomic mass is 10.0. The molecule has 35 heavy (non-hydrogen) atoms. The van der Waals surface area contributed by atoms with Gasteiger partial charge in [-0.05, 0) is 35.9 Å². The Morgan fingerprint density at radius 3 is 2.20 bits per heavy atom. The molecular formula is C26H30N4O5. The zero-order valence-electron chi connectivity index (χ0n) is 20.3. The quantitative estimate of drug-likeness (QED) is 0.460. The predicted molar refractivity (Wildman–Crippen MR) is 133 cm³/mol. The SMILES string of the molecule is COc1ccc(CC(=O)N(C)CC(N)c2ccc(C(=O)Nc3ccncc3)cc2)c(OC)c1OC. The van der Waals surface area contributed by atoms with Crippen LogP contribution in [0.25, 0.3) is 0 Å². The third-order valence-corrected chi connectivity index (χ3v) is 5.56. The van der Waals surface area contributed by atoms with Crippen LogP contribution in [0, 0.1) is 0 Å². The molecule has 3 N–H and O–H groups in total. The average Bonchev–Trinajstić information content (AvgIpc) is 2.88. The van der Waals surface area contributed by atoms with Gasteiger partial charge in [-0.1, -0.05) is 18.2 Å². The number of nitrogens with zero attached hydrogens (tertiary/aromatic N) is 2. The molecule has 0 aliphatic carbocycles. The summed E-state index contributed by atoms with van der Waals surface area (Å²) >= 11 is 0. The lowest BCUT2D eigenvalue weighted by Gasteiger charge is -2.23. The van der Waals surface area contributed by atoms with E-state index in [4.69, 9.17) is 19.9 Å². The molecule has 0 spiro atoms. The number of hydrogen-bond acceptors (Lipinski definition) is 7. The van der Waals surface area contributed by atoms with E-state index in [1.165, 1.54) is 21.3 Å². The monoisotopic (exact) mass is 478 g/mol. The van der Waals surface area contributed by atoms with Crippen molar-refractivity contribution in [2.75, 3.05) is 40.2 Å². The van der Waals surface area contributed by atoms with Crippen LogP contribution in [0.1, 0.15) is 27.5 Å². The first-order valence-corrected chi connectivity index (χ1v) is 11.0. The van der Waals surface area contributed by atoms with Crippen molar-refractivity contribution in [2.45, 2.75) is 12.5 Å². The number of pyridine rings is 1. The highest BCUT2D eigenvalue weighted by molar-refractivity contribution is 6.04. The van der Waals surface area contributed by atoms with Gasteiger partial charge in [-0.25, -0.2) is 0 Å². The number of ether oxygens (including phenoxy) is 3. The fourth-order valence-corrected chi connectivity index (χ4v) is 3.62. The van der Waals surface area contributed by atoms with Crippen LogP contribution in [0.5, 0.6) is 17.2 Å². The van der Waals surface area contributed by atoms with Gasteiger partial charge in [0.2, 0.25) is 11.7 Å². The highest BCUT2D eigenvalue weighted by atomic mass is 16.5. The van der Waals surface area contributed by atoms with E-state index >= 15 is 0 Å². The number of nitrogens with one attached hydrogen (secondary N) is 1. The molecule has 1 aromatic heterocycles. The van der Waals surface area contributed by atoms with Crippen LogP contribution in [0.3, 0.4) is 0 Å². The van der Waals surface area contributed by atoms with Gasteiger partial charge in [-0.2, -0.15) is 0 Å². The van der Waals surface area contributed by atoms with Crippen molar-refractivity contribution in [1.29, 1.82) is 0 Å². The zero-order chi connectivity index (χ0) is 25.4. The molecule has 0 aliphatic heterocycles. The first-order valence-electron chi connectivity index (χ1n) is 11.0. The summed E-state index contributed by atoms with van der Waals surface area (Å²) in [6, 6.07) is 13.5. The second kappa shape index (κ2) is 11.8. The molecule has 2 aromatic carbocycles. The van der Waals surface area contributed by atoms with E-state index in [0.29, 0.717) is 40.6 Å². The Morgan fingerprint density at radius 1 is 0.943 bits per heavy atom. The molecule has 0 radical (unpaired) electrons. The van der Waals surface area contributed by atoms with Crippen LogP contribution in [-0.2, 0) is 11.2 Å². The number of benzene rings is 2. The molecule has 1 unspecified atom stereocenters. The van der Waals surface area contributed by atoms with E-state index in [1.54, 1.807) is 72.9 Å². The number of nitrogens with two attached hydrogens (primary N) is 1. The number of methoxy groups -OCH3 is 3. The minimum atomic E-state index is -0.423. The van der Waals surface area contributed by atoms with Gasteiger partial charge in [0.1, 0.15) is 0 Å². The summed E-state index contributed by atoms with van der Waals surface area (Å²) in [4.78, 5) is 30.8. The lowest BCUT2D eigenvalue weighted by molar-refractivity contribution is -0.129. The van der Waals surface area contributed by atoms with Crippen molar-refractivity contribution in [3.8, 4) is 17.2 Å². The van der Waals surface area contributed by atoms with Gasteiger partial charge in [-0.3, -0.25) is 14.6 Å². The van der Waals surface area contributed by atoms with E-state index < -0.39 is 6.04 Å². The van der Waals surface area contributed by atoms with E-state index in [-0.39, 0.29) is 18.2 Å². The standard InChI is InChI=1S/C26H30N4O5/c1-30(23(31)15-19-9-10-22(33-2)25(35-4)24(19)34-3)16-21(27)17-5-7-18(8-6-17)26(32)29-20-11-13-28-14-12-20/h5-14,21H,15-16,27H2,1-4H3,(H,28,29,32).